The van der Waals surface area contributed by atoms with E-state index in [0.717, 1.165) is 11.1 Å². The summed E-state index contributed by atoms with van der Waals surface area (Å²) in [7, 11) is 0. The first-order chi connectivity index (χ1) is 14.6. The lowest BCUT2D eigenvalue weighted by atomic mass is 10.1. The molecule has 0 saturated heterocycles. The number of anilines is 1. The molecule has 0 unspecified atom stereocenters. The standard InChI is InChI=1S/C20H19F4N5O2/c1-3-29(9(2)16-13(21)4-10(6-26-16)20(22,23)24)19(30)15-5-14-17(27-15)11-7-31-8-12(11)18(25)28-14/h4-6,9,27H,3,7-8H2,1-2H3,(H2,25,28)/t9-/m1/s1. The molecule has 1 aliphatic heterocycles. The van der Waals surface area contributed by atoms with E-state index in [0.29, 0.717) is 42.3 Å². The van der Waals surface area contributed by atoms with E-state index in [1.807, 2.05) is 0 Å². The average molecular weight is 437 g/mol. The Hall–Kier alpha value is -3.21. The van der Waals surface area contributed by atoms with Crippen LogP contribution < -0.4 is 5.73 Å². The SMILES string of the molecule is CCN(C(=O)c1cc2nc(N)c3c(c2[nH]1)COC3)[C@H](C)c1ncc(C(F)(F)F)cc1F. The summed E-state index contributed by atoms with van der Waals surface area (Å²) in [6.07, 6.45) is -4.15. The van der Waals surface area contributed by atoms with Crippen LogP contribution in [0.25, 0.3) is 11.0 Å². The van der Waals surface area contributed by atoms with Crippen molar-refractivity contribution in [3.63, 3.8) is 0 Å². The summed E-state index contributed by atoms with van der Waals surface area (Å²) in [5.74, 6) is -1.27. The molecule has 4 heterocycles. The van der Waals surface area contributed by atoms with E-state index in [9.17, 15) is 22.4 Å². The number of nitrogens with zero attached hydrogens (tertiary/aromatic N) is 3. The topological polar surface area (TPSA) is 97.1 Å². The van der Waals surface area contributed by atoms with E-state index in [4.69, 9.17) is 10.5 Å². The van der Waals surface area contributed by atoms with Crippen LogP contribution in [0.1, 0.15) is 52.8 Å². The van der Waals surface area contributed by atoms with Crippen molar-refractivity contribution >= 4 is 22.8 Å². The predicted octanol–water partition coefficient (Wildman–Crippen LogP) is 3.95. The molecule has 3 aromatic rings. The molecule has 0 aliphatic carbocycles. The Bertz CT molecular complexity index is 1170. The van der Waals surface area contributed by atoms with Gasteiger partial charge in [-0.2, -0.15) is 13.2 Å². The van der Waals surface area contributed by atoms with Crippen molar-refractivity contribution in [3.05, 3.63) is 52.2 Å². The number of aromatic amines is 1. The molecule has 0 saturated carbocycles. The number of nitrogens with one attached hydrogen (secondary N) is 1. The quantitative estimate of drug-likeness (QED) is 0.603. The second-order valence-electron chi connectivity index (χ2n) is 7.25. The fourth-order valence-corrected chi connectivity index (χ4v) is 3.76. The lowest BCUT2D eigenvalue weighted by Gasteiger charge is -2.27. The number of aromatic nitrogens is 3. The lowest BCUT2D eigenvalue weighted by molar-refractivity contribution is -0.138. The fraction of sp³-hybridized carbons (Fsp3) is 0.350. The molecule has 3 N–H and O–H groups in total. The number of ether oxygens (including phenoxy) is 1. The Morgan fingerprint density at radius 1 is 1.32 bits per heavy atom. The van der Waals surface area contributed by atoms with Crippen LogP contribution in [0.2, 0.25) is 0 Å². The number of halogens is 4. The van der Waals surface area contributed by atoms with Crippen LogP contribution in [0, 0.1) is 5.82 Å². The monoisotopic (exact) mass is 437 g/mol. The number of fused-ring (bicyclic) bond motifs is 3. The molecule has 0 aromatic carbocycles. The smallest absolute Gasteiger partial charge is 0.383 e. The Balaban J connectivity index is 1.67. The molecule has 0 radical (unpaired) electrons. The molecule has 164 valence electrons. The molecule has 31 heavy (non-hydrogen) atoms. The number of amides is 1. The number of nitrogens with two attached hydrogens (primary N) is 1. The third-order valence-electron chi connectivity index (χ3n) is 5.40. The number of hydrogen-bond donors (Lipinski definition) is 2. The summed E-state index contributed by atoms with van der Waals surface area (Å²) < 4.78 is 58.2. The van der Waals surface area contributed by atoms with Gasteiger partial charge in [-0.3, -0.25) is 9.78 Å². The van der Waals surface area contributed by atoms with Crippen LogP contribution in [0.15, 0.2) is 18.3 Å². The zero-order chi connectivity index (χ0) is 22.5. The van der Waals surface area contributed by atoms with Gasteiger partial charge in [-0.25, -0.2) is 9.37 Å². The van der Waals surface area contributed by atoms with Gasteiger partial charge in [-0.05, 0) is 26.0 Å². The maximum absolute atomic E-state index is 14.4. The van der Waals surface area contributed by atoms with Gasteiger partial charge in [0.05, 0.1) is 41.5 Å². The zero-order valence-corrected chi connectivity index (χ0v) is 16.7. The highest BCUT2D eigenvalue weighted by Gasteiger charge is 2.33. The molecule has 7 nitrogen and oxygen atoms in total. The molecule has 4 rings (SSSR count). The molecule has 1 aliphatic rings. The molecule has 0 fully saturated rings. The predicted molar refractivity (Wildman–Crippen MR) is 103 cm³/mol. The Kier molecular flexibility index (Phi) is 5.08. The van der Waals surface area contributed by atoms with Gasteiger partial charge in [0, 0.05) is 23.9 Å². The van der Waals surface area contributed by atoms with Crippen molar-refractivity contribution in [1.82, 2.24) is 19.9 Å². The van der Waals surface area contributed by atoms with Crippen molar-refractivity contribution in [2.45, 2.75) is 39.3 Å². The van der Waals surface area contributed by atoms with Gasteiger partial charge in [0.15, 0.2) is 0 Å². The van der Waals surface area contributed by atoms with Crippen LogP contribution in [0.5, 0.6) is 0 Å². The van der Waals surface area contributed by atoms with Crippen LogP contribution in [-0.2, 0) is 24.1 Å². The Morgan fingerprint density at radius 2 is 2.03 bits per heavy atom. The van der Waals surface area contributed by atoms with E-state index in [-0.39, 0.29) is 17.9 Å². The maximum Gasteiger partial charge on any atom is 0.417 e. The Labute approximate surface area is 174 Å². The van der Waals surface area contributed by atoms with E-state index in [1.165, 1.54) is 11.8 Å². The highest BCUT2D eigenvalue weighted by Crippen LogP contribution is 2.33. The minimum absolute atomic E-state index is 0.175. The van der Waals surface area contributed by atoms with Gasteiger partial charge in [0.25, 0.3) is 5.91 Å². The van der Waals surface area contributed by atoms with E-state index in [2.05, 4.69) is 15.0 Å². The zero-order valence-electron chi connectivity index (χ0n) is 16.7. The Morgan fingerprint density at radius 3 is 2.68 bits per heavy atom. The van der Waals surface area contributed by atoms with Crippen LogP contribution in [-0.4, -0.2) is 32.3 Å². The van der Waals surface area contributed by atoms with Crippen molar-refractivity contribution in [2.75, 3.05) is 12.3 Å². The molecule has 1 atom stereocenters. The van der Waals surface area contributed by atoms with Gasteiger partial charge in [0.1, 0.15) is 17.3 Å². The van der Waals surface area contributed by atoms with E-state index >= 15 is 0 Å². The lowest BCUT2D eigenvalue weighted by Crippen LogP contribution is -2.34. The number of carbonyl (C=O) groups excluding carboxylic acids is 1. The summed E-state index contributed by atoms with van der Waals surface area (Å²) in [5.41, 5.74) is 7.44. The largest absolute Gasteiger partial charge is 0.417 e. The summed E-state index contributed by atoms with van der Waals surface area (Å²) in [6.45, 7) is 4.03. The fourth-order valence-electron chi connectivity index (χ4n) is 3.76. The summed E-state index contributed by atoms with van der Waals surface area (Å²) in [6, 6.07) is 1.02. The van der Waals surface area contributed by atoms with Crippen LogP contribution in [0.3, 0.4) is 0 Å². The number of pyridine rings is 2. The highest BCUT2D eigenvalue weighted by atomic mass is 19.4. The van der Waals surface area contributed by atoms with E-state index < -0.39 is 29.5 Å². The molecule has 11 heteroatoms. The van der Waals surface area contributed by atoms with Gasteiger partial charge >= 0.3 is 6.18 Å². The molecule has 3 aromatic heterocycles. The van der Waals surface area contributed by atoms with E-state index in [1.54, 1.807) is 13.0 Å². The minimum atomic E-state index is -4.71. The minimum Gasteiger partial charge on any atom is -0.383 e. The van der Waals surface area contributed by atoms with Crippen molar-refractivity contribution in [2.24, 2.45) is 0 Å². The molecular weight excluding hydrogens is 418 g/mol. The number of nitrogen functional groups attached to an aromatic ring is 1. The summed E-state index contributed by atoms with van der Waals surface area (Å²) in [5, 5.41) is 0. The van der Waals surface area contributed by atoms with Crippen molar-refractivity contribution < 1.29 is 27.1 Å². The molecule has 0 bridgehead atoms. The summed E-state index contributed by atoms with van der Waals surface area (Å²) >= 11 is 0. The normalized spacial score (nSPS) is 14.6. The second-order valence-corrected chi connectivity index (χ2v) is 7.25. The first kappa shape index (κ1) is 21.0. The van der Waals surface area contributed by atoms with Crippen molar-refractivity contribution in [3.8, 4) is 0 Å². The number of carbonyl (C=O) groups is 1. The first-order valence-corrected chi connectivity index (χ1v) is 9.53. The van der Waals surface area contributed by atoms with Crippen LogP contribution >= 0.6 is 0 Å². The molecule has 1 amide bonds. The number of alkyl halides is 3. The average Bonchev–Trinajstić information content (AvgIpc) is 3.34. The maximum atomic E-state index is 14.4. The van der Waals surface area contributed by atoms with Crippen molar-refractivity contribution in [1.29, 1.82) is 0 Å². The molecular formula is C20H19F4N5O2. The van der Waals surface area contributed by atoms with Gasteiger partial charge in [0.2, 0.25) is 0 Å². The van der Waals surface area contributed by atoms with Gasteiger partial charge in [-0.1, -0.05) is 0 Å². The molecule has 0 spiro atoms. The number of H-pyrrole nitrogens is 1. The van der Waals surface area contributed by atoms with Gasteiger partial charge in [-0.15, -0.1) is 0 Å². The number of hydrogen-bond acceptors (Lipinski definition) is 5. The second kappa shape index (κ2) is 7.49. The third kappa shape index (κ3) is 3.58. The number of rotatable bonds is 4. The van der Waals surface area contributed by atoms with Gasteiger partial charge < -0.3 is 20.4 Å². The third-order valence-corrected chi connectivity index (χ3v) is 5.40. The highest BCUT2D eigenvalue weighted by molar-refractivity contribution is 5.98. The summed E-state index contributed by atoms with van der Waals surface area (Å²) in [4.78, 5) is 25.5. The first-order valence-electron chi connectivity index (χ1n) is 9.53. The van der Waals surface area contributed by atoms with Crippen LogP contribution in [0.4, 0.5) is 23.4 Å².